The highest BCUT2D eigenvalue weighted by Crippen LogP contribution is 2.31. The van der Waals surface area contributed by atoms with Gasteiger partial charge < -0.3 is 5.32 Å². The van der Waals surface area contributed by atoms with Gasteiger partial charge in [0.15, 0.2) is 0 Å². The van der Waals surface area contributed by atoms with E-state index in [1.54, 1.807) is 12.1 Å². The van der Waals surface area contributed by atoms with Crippen molar-refractivity contribution in [2.75, 3.05) is 13.1 Å². The summed E-state index contributed by atoms with van der Waals surface area (Å²) < 4.78 is 14.4. The Balaban J connectivity index is 2.19. The maximum atomic E-state index is 13.5. The molecule has 116 valence electrons. The minimum Gasteiger partial charge on any atom is -0.313 e. The quantitative estimate of drug-likeness (QED) is 0.661. The van der Waals surface area contributed by atoms with Crippen LogP contribution in [0.2, 0.25) is 0 Å². The van der Waals surface area contributed by atoms with Gasteiger partial charge in [-0.3, -0.25) is 0 Å². The van der Waals surface area contributed by atoms with Crippen molar-refractivity contribution in [1.82, 2.24) is 5.32 Å². The highest BCUT2D eigenvalue weighted by Gasteiger charge is 2.18. The summed E-state index contributed by atoms with van der Waals surface area (Å²) in [5.74, 6) is 0.479. The Morgan fingerprint density at radius 3 is 2.81 bits per heavy atom. The molecule has 1 aromatic rings. The molecule has 1 aliphatic carbocycles. The van der Waals surface area contributed by atoms with Crippen LogP contribution in [0.4, 0.5) is 4.39 Å². The van der Waals surface area contributed by atoms with Gasteiger partial charge in [0, 0.05) is 11.0 Å². The summed E-state index contributed by atoms with van der Waals surface area (Å²) in [5.41, 5.74) is 2.38. The molecule has 0 unspecified atom stereocenters. The lowest BCUT2D eigenvalue weighted by molar-refractivity contribution is 0.396. The van der Waals surface area contributed by atoms with Crippen LogP contribution >= 0.6 is 15.9 Å². The molecule has 0 aliphatic heterocycles. The second-order valence-corrected chi connectivity index (χ2v) is 6.75. The minimum absolute atomic E-state index is 0.172. The van der Waals surface area contributed by atoms with Crippen molar-refractivity contribution in [3.8, 4) is 0 Å². The zero-order chi connectivity index (χ0) is 15.1. The first-order chi connectivity index (χ1) is 10.2. The monoisotopic (exact) mass is 353 g/mol. The Kier molecular flexibility index (Phi) is 6.91. The number of rotatable bonds is 6. The van der Waals surface area contributed by atoms with Gasteiger partial charge >= 0.3 is 0 Å². The van der Waals surface area contributed by atoms with Crippen molar-refractivity contribution in [1.29, 1.82) is 0 Å². The summed E-state index contributed by atoms with van der Waals surface area (Å²) >= 11 is 3.53. The van der Waals surface area contributed by atoms with E-state index < -0.39 is 0 Å². The number of hydrogen-bond donors (Lipinski definition) is 1. The van der Waals surface area contributed by atoms with Crippen LogP contribution in [0.1, 0.15) is 51.0 Å². The molecule has 1 aromatic carbocycles. The lowest BCUT2D eigenvalue weighted by Crippen LogP contribution is -2.23. The third-order valence-electron chi connectivity index (χ3n) is 4.18. The predicted octanol–water partition coefficient (Wildman–Crippen LogP) is 5.55. The second kappa shape index (κ2) is 8.70. The molecule has 2 rings (SSSR count). The van der Waals surface area contributed by atoms with Crippen LogP contribution in [0.5, 0.6) is 0 Å². The number of nitrogens with one attached hydrogen (secondary N) is 1. The summed E-state index contributed by atoms with van der Waals surface area (Å²) in [6.07, 6.45) is 9.86. The smallest absolute Gasteiger partial charge is 0.123 e. The molecule has 21 heavy (non-hydrogen) atoms. The van der Waals surface area contributed by atoms with Crippen LogP contribution in [-0.2, 0) is 0 Å². The van der Waals surface area contributed by atoms with Crippen LogP contribution in [0, 0.1) is 11.7 Å². The fourth-order valence-corrected chi connectivity index (χ4v) is 3.38. The lowest BCUT2D eigenvalue weighted by atomic mass is 9.83. The SMILES string of the molecule is CCCNC/C(=C/c1cc(F)ccc1Br)C1CCCCC1. The van der Waals surface area contributed by atoms with E-state index in [1.165, 1.54) is 43.7 Å². The molecular weight excluding hydrogens is 329 g/mol. The van der Waals surface area contributed by atoms with E-state index in [0.717, 1.165) is 29.5 Å². The van der Waals surface area contributed by atoms with E-state index >= 15 is 0 Å². The van der Waals surface area contributed by atoms with Gasteiger partial charge in [-0.05, 0) is 55.5 Å². The van der Waals surface area contributed by atoms with Crippen molar-refractivity contribution < 1.29 is 4.39 Å². The Hall–Kier alpha value is -0.670. The molecule has 1 saturated carbocycles. The topological polar surface area (TPSA) is 12.0 Å². The van der Waals surface area contributed by atoms with Gasteiger partial charge in [-0.25, -0.2) is 4.39 Å². The molecule has 0 heterocycles. The third kappa shape index (κ3) is 5.23. The van der Waals surface area contributed by atoms with Gasteiger partial charge in [0.05, 0.1) is 0 Å². The van der Waals surface area contributed by atoms with Crippen LogP contribution in [0.15, 0.2) is 28.2 Å². The molecule has 0 amide bonds. The van der Waals surface area contributed by atoms with E-state index in [9.17, 15) is 4.39 Å². The van der Waals surface area contributed by atoms with E-state index in [4.69, 9.17) is 0 Å². The first-order valence-corrected chi connectivity index (χ1v) is 8.86. The zero-order valence-electron chi connectivity index (χ0n) is 12.8. The second-order valence-electron chi connectivity index (χ2n) is 5.90. The minimum atomic E-state index is -0.172. The number of benzene rings is 1. The predicted molar refractivity (Wildman–Crippen MR) is 91.8 cm³/mol. The van der Waals surface area contributed by atoms with Crippen LogP contribution in [0.3, 0.4) is 0 Å². The van der Waals surface area contributed by atoms with Crippen molar-refractivity contribution in [2.24, 2.45) is 5.92 Å². The van der Waals surface area contributed by atoms with Crippen molar-refractivity contribution >= 4 is 22.0 Å². The molecule has 1 fully saturated rings. The molecule has 3 heteroatoms. The van der Waals surface area contributed by atoms with Gasteiger partial charge in [-0.15, -0.1) is 0 Å². The molecule has 0 bridgehead atoms. The number of halogens is 2. The summed E-state index contributed by atoms with van der Waals surface area (Å²) in [6, 6.07) is 4.91. The van der Waals surface area contributed by atoms with Gasteiger partial charge in [-0.1, -0.05) is 53.8 Å². The maximum absolute atomic E-state index is 13.5. The van der Waals surface area contributed by atoms with E-state index in [-0.39, 0.29) is 5.82 Å². The largest absolute Gasteiger partial charge is 0.313 e. The first kappa shape index (κ1) is 16.7. The third-order valence-corrected chi connectivity index (χ3v) is 4.91. The standard InChI is InChI=1S/C18H25BrFN/c1-2-10-21-13-16(14-6-4-3-5-7-14)11-15-12-17(20)8-9-18(15)19/h8-9,11-12,14,21H,2-7,10,13H2,1H3/b16-11-. The number of hydrogen-bond acceptors (Lipinski definition) is 1. The Bertz CT molecular complexity index is 478. The molecule has 0 atom stereocenters. The molecule has 0 aromatic heterocycles. The molecule has 0 spiro atoms. The van der Waals surface area contributed by atoms with Gasteiger partial charge in [0.2, 0.25) is 0 Å². The Labute approximate surface area is 136 Å². The van der Waals surface area contributed by atoms with Crippen molar-refractivity contribution in [3.05, 3.63) is 39.6 Å². The molecular formula is C18H25BrFN. The normalized spacial score (nSPS) is 17.2. The first-order valence-electron chi connectivity index (χ1n) is 8.07. The Morgan fingerprint density at radius 2 is 2.10 bits per heavy atom. The highest BCUT2D eigenvalue weighted by atomic mass is 79.9. The van der Waals surface area contributed by atoms with Gasteiger partial charge in [0.1, 0.15) is 5.82 Å². The van der Waals surface area contributed by atoms with Crippen LogP contribution in [0.25, 0.3) is 6.08 Å². The highest BCUT2D eigenvalue weighted by molar-refractivity contribution is 9.10. The van der Waals surface area contributed by atoms with Crippen molar-refractivity contribution in [3.63, 3.8) is 0 Å². The summed E-state index contributed by atoms with van der Waals surface area (Å²) in [5, 5.41) is 3.51. The molecule has 1 nitrogen and oxygen atoms in total. The van der Waals surface area contributed by atoms with E-state index in [2.05, 4.69) is 34.2 Å². The summed E-state index contributed by atoms with van der Waals surface area (Å²) in [4.78, 5) is 0. The van der Waals surface area contributed by atoms with Gasteiger partial charge in [0.25, 0.3) is 0 Å². The van der Waals surface area contributed by atoms with Crippen LogP contribution < -0.4 is 5.32 Å². The maximum Gasteiger partial charge on any atom is 0.123 e. The average Bonchev–Trinajstić information content (AvgIpc) is 2.51. The van der Waals surface area contributed by atoms with Gasteiger partial charge in [-0.2, -0.15) is 0 Å². The lowest BCUT2D eigenvalue weighted by Gasteiger charge is -2.25. The van der Waals surface area contributed by atoms with E-state index in [1.807, 2.05) is 0 Å². The molecule has 1 N–H and O–H groups in total. The molecule has 1 aliphatic rings. The molecule has 0 radical (unpaired) electrons. The van der Waals surface area contributed by atoms with Crippen molar-refractivity contribution in [2.45, 2.75) is 45.4 Å². The fraction of sp³-hybridized carbons (Fsp3) is 0.556. The molecule has 0 saturated heterocycles. The van der Waals surface area contributed by atoms with Crippen LogP contribution in [-0.4, -0.2) is 13.1 Å². The van der Waals surface area contributed by atoms with E-state index in [0.29, 0.717) is 5.92 Å². The zero-order valence-corrected chi connectivity index (χ0v) is 14.4. The average molecular weight is 354 g/mol. The fourth-order valence-electron chi connectivity index (χ4n) is 3.02. The Morgan fingerprint density at radius 1 is 1.33 bits per heavy atom. The summed E-state index contributed by atoms with van der Waals surface area (Å²) in [7, 11) is 0. The summed E-state index contributed by atoms with van der Waals surface area (Å²) in [6.45, 7) is 4.13.